The maximum Gasteiger partial charge on any atom is 0.320 e. The molecule has 1 aromatic carbocycles. The number of likely N-dealkylation sites (N-methyl/N-ethyl adjacent to an activating group) is 1. The predicted molar refractivity (Wildman–Crippen MR) is 72.6 cm³/mol. The molecule has 0 aromatic heterocycles. The third kappa shape index (κ3) is 2.31. The average Bonchev–Trinajstić information content (AvgIpc) is 2.67. The molecule has 0 bridgehead atoms. The smallest absolute Gasteiger partial charge is 0.320 e. The fraction of sp³-hybridized carbons (Fsp3) is 0.462. The number of urea groups is 1. The van der Waals surface area contributed by atoms with E-state index in [1.54, 1.807) is 4.90 Å². The normalized spacial score (nSPS) is 21.6. The molecule has 0 aliphatic carbocycles. The molecule has 98 valence electrons. The van der Waals surface area contributed by atoms with Crippen molar-refractivity contribution in [1.29, 1.82) is 0 Å². The molecule has 5 heteroatoms. The Kier molecular flexibility index (Phi) is 3.78. The van der Waals surface area contributed by atoms with Gasteiger partial charge in [0.05, 0.1) is 6.04 Å². The third-order valence-electron chi connectivity index (χ3n) is 3.51. The summed E-state index contributed by atoms with van der Waals surface area (Å²) in [4.78, 5) is 15.7. The Balaban J connectivity index is 2.21. The van der Waals surface area contributed by atoms with Crippen LogP contribution in [-0.4, -0.2) is 42.0 Å². The minimum Gasteiger partial charge on any atom is -0.328 e. The summed E-state index contributed by atoms with van der Waals surface area (Å²) in [7, 11) is 1.82. The van der Waals surface area contributed by atoms with Crippen LogP contribution in [0.15, 0.2) is 24.3 Å². The zero-order valence-electron chi connectivity index (χ0n) is 10.6. The fourth-order valence-corrected chi connectivity index (χ4v) is 2.36. The number of hydrogen-bond donors (Lipinski definition) is 1. The lowest BCUT2D eigenvalue weighted by Crippen LogP contribution is -2.40. The molecular formula is C13H18ClN3O. The molecule has 0 spiro atoms. The standard InChI is InChI=1S/C13H18ClN3O/c1-9(7-15)17-8-12(16(2)13(17)18)10-3-5-11(14)6-4-10/h3-6,9,12H,7-8,15H2,1-2H3. The molecule has 1 aliphatic rings. The summed E-state index contributed by atoms with van der Waals surface area (Å²) in [5.74, 6) is 0. The Morgan fingerprint density at radius 1 is 1.44 bits per heavy atom. The van der Waals surface area contributed by atoms with Crippen LogP contribution in [0, 0.1) is 0 Å². The van der Waals surface area contributed by atoms with Gasteiger partial charge in [-0.05, 0) is 24.6 Å². The van der Waals surface area contributed by atoms with Gasteiger partial charge in [-0.1, -0.05) is 23.7 Å². The van der Waals surface area contributed by atoms with E-state index in [0.29, 0.717) is 18.1 Å². The van der Waals surface area contributed by atoms with Crippen molar-refractivity contribution in [2.45, 2.75) is 19.0 Å². The van der Waals surface area contributed by atoms with Crippen molar-refractivity contribution in [3.8, 4) is 0 Å². The van der Waals surface area contributed by atoms with Gasteiger partial charge in [0.1, 0.15) is 0 Å². The topological polar surface area (TPSA) is 49.6 Å². The first-order chi connectivity index (χ1) is 8.54. The Labute approximate surface area is 112 Å². The van der Waals surface area contributed by atoms with Gasteiger partial charge < -0.3 is 15.5 Å². The highest BCUT2D eigenvalue weighted by molar-refractivity contribution is 6.30. The molecule has 18 heavy (non-hydrogen) atoms. The van der Waals surface area contributed by atoms with Crippen LogP contribution in [0.3, 0.4) is 0 Å². The monoisotopic (exact) mass is 267 g/mol. The van der Waals surface area contributed by atoms with Crippen LogP contribution >= 0.6 is 11.6 Å². The largest absolute Gasteiger partial charge is 0.328 e. The van der Waals surface area contributed by atoms with Crippen LogP contribution in [0.5, 0.6) is 0 Å². The summed E-state index contributed by atoms with van der Waals surface area (Å²) < 4.78 is 0. The van der Waals surface area contributed by atoms with Crippen LogP contribution in [0.25, 0.3) is 0 Å². The molecule has 1 aromatic rings. The molecular weight excluding hydrogens is 250 g/mol. The summed E-state index contributed by atoms with van der Waals surface area (Å²) >= 11 is 5.88. The van der Waals surface area contributed by atoms with Crippen molar-refractivity contribution in [2.75, 3.05) is 20.1 Å². The second kappa shape index (κ2) is 5.16. The van der Waals surface area contributed by atoms with Gasteiger partial charge in [-0.2, -0.15) is 0 Å². The molecule has 1 heterocycles. The van der Waals surface area contributed by atoms with Gasteiger partial charge in [0, 0.05) is 31.2 Å². The lowest BCUT2D eigenvalue weighted by Gasteiger charge is -2.21. The minimum atomic E-state index is 0.0351. The zero-order valence-corrected chi connectivity index (χ0v) is 11.4. The number of carbonyl (C=O) groups is 1. The van der Waals surface area contributed by atoms with Crippen LogP contribution in [-0.2, 0) is 0 Å². The molecule has 1 saturated heterocycles. The van der Waals surface area contributed by atoms with E-state index in [9.17, 15) is 4.79 Å². The van der Waals surface area contributed by atoms with Crippen LogP contribution in [0.1, 0.15) is 18.5 Å². The van der Waals surface area contributed by atoms with Gasteiger partial charge in [-0.3, -0.25) is 0 Å². The fourth-order valence-electron chi connectivity index (χ4n) is 2.23. The van der Waals surface area contributed by atoms with Crippen LogP contribution in [0.4, 0.5) is 4.79 Å². The highest BCUT2D eigenvalue weighted by Gasteiger charge is 2.37. The van der Waals surface area contributed by atoms with Crippen LogP contribution in [0.2, 0.25) is 5.02 Å². The number of benzene rings is 1. The van der Waals surface area contributed by atoms with E-state index >= 15 is 0 Å². The molecule has 2 amide bonds. The lowest BCUT2D eigenvalue weighted by molar-refractivity contribution is 0.185. The second-order valence-corrected chi connectivity index (χ2v) is 5.13. The number of nitrogens with two attached hydrogens (primary N) is 1. The number of hydrogen-bond acceptors (Lipinski definition) is 2. The Hall–Kier alpha value is -1.26. The van der Waals surface area contributed by atoms with Crippen molar-refractivity contribution < 1.29 is 4.79 Å². The van der Waals surface area contributed by atoms with Crippen molar-refractivity contribution in [1.82, 2.24) is 9.80 Å². The SMILES string of the molecule is CC(CN)N1CC(c2ccc(Cl)cc2)N(C)C1=O. The van der Waals surface area contributed by atoms with E-state index < -0.39 is 0 Å². The maximum atomic E-state index is 12.1. The van der Waals surface area contributed by atoms with E-state index in [0.717, 1.165) is 5.56 Å². The van der Waals surface area contributed by atoms with Crippen molar-refractivity contribution in [2.24, 2.45) is 5.73 Å². The number of rotatable bonds is 3. The van der Waals surface area contributed by atoms with Gasteiger partial charge in [-0.25, -0.2) is 4.79 Å². The summed E-state index contributed by atoms with van der Waals surface area (Å²) in [6, 6.07) is 7.81. The molecule has 0 radical (unpaired) electrons. The van der Waals surface area contributed by atoms with E-state index in [4.69, 9.17) is 17.3 Å². The highest BCUT2D eigenvalue weighted by Crippen LogP contribution is 2.29. The van der Waals surface area contributed by atoms with Gasteiger partial charge in [0.25, 0.3) is 0 Å². The molecule has 2 atom stereocenters. The first kappa shape index (κ1) is 13.2. The Morgan fingerprint density at radius 2 is 2.06 bits per heavy atom. The summed E-state index contributed by atoms with van der Waals surface area (Å²) in [5.41, 5.74) is 6.73. The zero-order chi connectivity index (χ0) is 13.3. The van der Waals surface area contributed by atoms with E-state index in [1.807, 2.05) is 43.1 Å². The summed E-state index contributed by atoms with van der Waals surface area (Å²) in [5, 5.41) is 0.706. The summed E-state index contributed by atoms with van der Waals surface area (Å²) in [6.07, 6.45) is 0. The Morgan fingerprint density at radius 3 is 2.61 bits per heavy atom. The van der Waals surface area contributed by atoms with E-state index in [-0.39, 0.29) is 18.1 Å². The quantitative estimate of drug-likeness (QED) is 0.912. The third-order valence-corrected chi connectivity index (χ3v) is 3.76. The minimum absolute atomic E-state index is 0.0351. The number of carbonyl (C=O) groups excluding carboxylic acids is 1. The molecule has 1 fully saturated rings. The van der Waals surface area contributed by atoms with Gasteiger partial charge in [0.15, 0.2) is 0 Å². The predicted octanol–water partition coefficient (Wildman–Crippen LogP) is 2.10. The van der Waals surface area contributed by atoms with Gasteiger partial charge >= 0.3 is 6.03 Å². The summed E-state index contributed by atoms with van der Waals surface area (Å²) in [6.45, 7) is 3.12. The van der Waals surface area contributed by atoms with Gasteiger partial charge in [0.2, 0.25) is 0 Å². The van der Waals surface area contributed by atoms with Crippen molar-refractivity contribution in [3.05, 3.63) is 34.9 Å². The van der Waals surface area contributed by atoms with E-state index in [1.165, 1.54) is 0 Å². The number of amides is 2. The lowest BCUT2D eigenvalue weighted by atomic mass is 10.1. The molecule has 2 N–H and O–H groups in total. The molecule has 1 aliphatic heterocycles. The Bertz CT molecular complexity index is 434. The van der Waals surface area contributed by atoms with E-state index in [2.05, 4.69) is 0 Å². The van der Waals surface area contributed by atoms with Crippen molar-refractivity contribution >= 4 is 17.6 Å². The first-order valence-corrected chi connectivity index (χ1v) is 6.41. The maximum absolute atomic E-state index is 12.1. The molecule has 2 unspecified atom stereocenters. The van der Waals surface area contributed by atoms with Crippen molar-refractivity contribution in [3.63, 3.8) is 0 Å². The molecule has 2 rings (SSSR count). The number of nitrogens with zero attached hydrogens (tertiary/aromatic N) is 2. The molecule has 0 saturated carbocycles. The van der Waals surface area contributed by atoms with Crippen LogP contribution < -0.4 is 5.73 Å². The van der Waals surface area contributed by atoms with Gasteiger partial charge in [-0.15, -0.1) is 0 Å². The highest BCUT2D eigenvalue weighted by atomic mass is 35.5. The number of halogens is 1. The molecule has 4 nitrogen and oxygen atoms in total. The average molecular weight is 268 g/mol. The first-order valence-electron chi connectivity index (χ1n) is 6.03. The second-order valence-electron chi connectivity index (χ2n) is 4.70.